The van der Waals surface area contributed by atoms with E-state index in [0.717, 1.165) is 22.5 Å². The molecule has 0 aliphatic carbocycles. The fraction of sp³-hybridized carbons (Fsp3) is 0. The maximum Gasteiger partial charge on any atom is 0.298 e. The molecule has 0 saturated carbocycles. The van der Waals surface area contributed by atoms with Crippen LogP contribution in [0, 0.1) is 0 Å². The molecule has 0 bridgehead atoms. The lowest BCUT2D eigenvalue weighted by Gasteiger charge is -2.15. The Bertz CT molecular complexity index is 1550. The van der Waals surface area contributed by atoms with E-state index in [0.29, 0.717) is 22.8 Å². The highest BCUT2D eigenvalue weighted by Crippen LogP contribution is 2.39. The molecule has 0 spiro atoms. The first-order valence-corrected chi connectivity index (χ1v) is 12.2. The number of sulfonamides is 1. The van der Waals surface area contributed by atoms with E-state index in [4.69, 9.17) is 9.56 Å². The monoisotopic (exact) mass is 476 g/mol. The summed E-state index contributed by atoms with van der Waals surface area (Å²) in [6.07, 6.45) is 1.53. The fourth-order valence-corrected chi connectivity index (χ4v) is 4.93. The van der Waals surface area contributed by atoms with Crippen LogP contribution in [0.4, 0.5) is 10.5 Å². The largest absolute Gasteiger partial charge is 0.457 e. The zero-order valence-electron chi connectivity index (χ0n) is 17.0. The normalized spacial score (nSPS) is 15.7. The van der Waals surface area contributed by atoms with Gasteiger partial charge in [0.1, 0.15) is 11.5 Å². The number of thioether (sulfide) groups is 1. The van der Waals surface area contributed by atoms with E-state index >= 15 is 0 Å². The van der Waals surface area contributed by atoms with E-state index in [9.17, 15) is 18.0 Å². The SMILES string of the molecule is NS(=O)(=O)c1ccc(-c2ccc(/C=C3\SC(=O)N(c4cccc5ccccc45)C3=O)o2)cc1. The van der Waals surface area contributed by atoms with Crippen molar-refractivity contribution in [2.24, 2.45) is 5.14 Å². The van der Waals surface area contributed by atoms with Gasteiger partial charge in [0.25, 0.3) is 11.1 Å². The van der Waals surface area contributed by atoms with Crippen molar-refractivity contribution in [2.45, 2.75) is 4.90 Å². The summed E-state index contributed by atoms with van der Waals surface area (Å²) in [5, 5.41) is 6.49. The van der Waals surface area contributed by atoms with Crippen molar-refractivity contribution in [3.05, 3.63) is 89.5 Å². The maximum absolute atomic E-state index is 13.1. The van der Waals surface area contributed by atoms with Gasteiger partial charge in [-0.3, -0.25) is 9.59 Å². The van der Waals surface area contributed by atoms with Gasteiger partial charge in [-0.1, -0.05) is 36.4 Å². The second kappa shape index (κ2) is 8.04. The first kappa shape index (κ1) is 21.2. The summed E-state index contributed by atoms with van der Waals surface area (Å²) in [6.45, 7) is 0. The first-order valence-electron chi connectivity index (χ1n) is 9.80. The van der Waals surface area contributed by atoms with E-state index in [1.807, 2.05) is 36.4 Å². The molecule has 3 aromatic carbocycles. The van der Waals surface area contributed by atoms with Crippen LogP contribution in [0.1, 0.15) is 5.76 Å². The summed E-state index contributed by atoms with van der Waals surface area (Å²) < 4.78 is 28.6. The minimum atomic E-state index is -3.78. The minimum absolute atomic E-state index is 0.000129. The summed E-state index contributed by atoms with van der Waals surface area (Å²) in [5.41, 5.74) is 1.18. The van der Waals surface area contributed by atoms with Gasteiger partial charge in [-0.15, -0.1) is 0 Å². The van der Waals surface area contributed by atoms with Crippen molar-refractivity contribution in [1.82, 2.24) is 0 Å². The summed E-state index contributed by atoms with van der Waals surface area (Å²) >= 11 is 0.848. The molecule has 0 atom stereocenters. The van der Waals surface area contributed by atoms with Gasteiger partial charge < -0.3 is 4.42 Å². The van der Waals surface area contributed by atoms with E-state index in [1.54, 1.807) is 30.3 Å². The Morgan fingerprint density at radius 2 is 1.61 bits per heavy atom. The molecular weight excluding hydrogens is 460 g/mol. The number of hydrogen-bond donors (Lipinski definition) is 1. The van der Waals surface area contributed by atoms with Crippen LogP contribution in [0.15, 0.2) is 93.1 Å². The first-order chi connectivity index (χ1) is 15.8. The number of nitrogens with two attached hydrogens (primary N) is 1. The van der Waals surface area contributed by atoms with Crippen LogP contribution in [-0.4, -0.2) is 19.6 Å². The third-order valence-electron chi connectivity index (χ3n) is 5.17. The van der Waals surface area contributed by atoms with E-state index in [2.05, 4.69) is 0 Å². The third-order valence-corrected chi connectivity index (χ3v) is 6.97. The van der Waals surface area contributed by atoms with Crippen LogP contribution in [-0.2, 0) is 14.8 Å². The number of amides is 2. The average molecular weight is 477 g/mol. The second-order valence-electron chi connectivity index (χ2n) is 7.29. The number of fused-ring (bicyclic) bond motifs is 1. The van der Waals surface area contributed by atoms with Gasteiger partial charge in [0, 0.05) is 17.0 Å². The number of primary sulfonamides is 1. The summed E-state index contributed by atoms with van der Waals surface area (Å²) in [6, 6.07) is 22.4. The van der Waals surface area contributed by atoms with Crippen LogP contribution < -0.4 is 10.0 Å². The Labute approximate surface area is 193 Å². The number of carbonyl (C=O) groups is 2. The molecule has 2 amide bonds. The summed E-state index contributed by atoms with van der Waals surface area (Å²) in [5.74, 6) is 0.455. The smallest absolute Gasteiger partial charge is 0.298 e. The second-order valence-corrected chi connectivity index (χ2v) is 9.84. The highest BCUT2D eigenvalue weighted by atomic mass is 32.2. The van der Waals surface area contributed by atoms with Gasteiger partial charge in [0.05, 0.1) is 15.5 Å². The van der Waals surface area contributed by atoms with Gasteiger partial charge >= 0.3 is 0 Å². The fourth-order valence-electron chi connectivity index (χ4n) is 3.60. The third kappa shape index (κ3) is 3.97. The highest BCUT2D eigenvalue weighted by molar-refractivity contribution is 8.19. The number of benzene rings is 3. The number of hydrogen-bond acceptors (Lipinski definition) is 6. The van der Waals surface area contributed by atoms with Crippen molar-refractivity contribution in [3.8, 4) is 11.3 Å². The number of anilines is 1. The number of carbonyl (C=O) groups excluding carboxylic acids is 2. The average Bonchev–Trinajstić information content (AvgIpc) is 3.37. The van der Waals surface area contributed by atoms with Gasteiger partial charge in [0.2, 0.25) is 10.0 Å². The molecule has 164 valence electrons. The Morgan fingerprint density at radius 3 is 2.36 bits per heavy atom. The van der Waals surface area contributed by atoms with Crippen molar-refractivity contribution < 1.29 is 22.4 Å². The Kier molecular flexibility index (Phi) is 5.16. The topological polar surface area (TPSA) is 111 Å². The lowest BCUT2D eigenvalue weighted by atomic mass is 10.1. The van der Waals surface area contributed by atoms with Gasteiger partial charge in [0.15, 0.2) is 0 Å². The quantitative estimate of drug-likeness (QED) is 0.416. The van der Waals surface area contributed by atoms with E-state index < -0.39 is 15.9 Å². The summed E-state index contributed by atoms with van der Waals surface area (Å²) in [4.78, 5) is 27.2. The van der Waals surface area contributed by atoms with Crippen LogP contribution in [0.5, 0.6) is 0 Å². The molecule has 5 rings (SSSR count). The minimum Gasteiger partial charge on any atom is -0.457 e. The van der Waals surface area contributed by atoms with Gasteiger partial charge in [-0.2, -0.15) is 0 Å². The summed E-state index contributed by atoms with van der Waals surface area (Å²) in [7, 11) is -3.78. The molecule has 7 nitrogen and oxygen atoms in total. The van der Waals surface area contributed by atoms with Gasteiger partial charge in [-0.25, -0.2) is 18.5 Å². The number of imide groups is 1. The maximum atomic E-state index is 13.1. The number of rotatable bonds is 4. The molecular formula is C24H16N2O5S2. The number of furan rings is 1. The molecule has 1 aliphatic heterocycles. The van der Waals surface area contributed by atoms with Crippen LogP contribution in [0.3, 0.4) is 0 Å². The Balaban J connectivity index is 1.44. The number of nitrogens with zero attached hydrogens (tertiary/aromatic N) is 1. The van der Waals surface area contributed by atoms with Crippen molar-refractivity contribution in [1.29, 1.82) is 0 Å². The zero-order chi connectivity index (χ0) is 23.2. The molecule has 0 radical (unpaired) electrons. The Hall–Kier alpha value is -3.66. The molecule has 4 aromatic rings. The van der Waals surface area contributed by atoms with Crippen molar-refractivity contribution in [3.63, 3.8) is 0 Å². The standard InChI is InChI=1S/C24H16N2O5S2/c25-33(29,30)18-11-8-16(9-12-18)21-13-10-17(31-21)14-22-23(27)26(24(28)32-22)20-7-3-5-15-4-1-2-6-19(15)20/h1-14H,(H2,25,29,30)/b22-14-. The molecule has 1 saturated heterocycles. The molecule has 1 aromatic heterocycles. The van der Waals surface area contributed by atoms with Crippen LogP contribution >= 0.6 is 11.8 Å². The van der Waals surface area contributed by atoms with E-state index in [-0.39, 0.29) is 15.0 Å². The van der Waals surface area contributed by atoms with Crippen molar-refractivity contribution >= 4 is 55.5 Å². The molecule has 2 N–H and O–H groups in total. The lowest BCUT2D eigenvalue weighted by molar-refractivity contribution is -0.113. The predicted octanol–water partition coefficient (Wildman–Crippen LogP) is 4.99. The predicted molar refractivity (Wildman–Crippen MR) is 128 cm³/mol. The van der Waals surface area contributed by atoms with Crippen molar-refractivity contribution in [2.75, 3.05) is 4.90 Å². The molecule has 33 heavy (non-hydrogen) atoms. The molecule has 1 aliphatic rings. The highest BCUT2D eigenvalue weighted by Gasteiger charge is 2.37. The van der Waals surface area contributed by atoms with Gasteiger partial charge in [-0.05, 0) is 59.6 Å². The van der Waals surface area contributed by atoms with E-state index in [1.165, 1.54) is 23.1 Å². The molecule has 1 fully saturated rings. The zero-order valence-corrected chi connectivity index (χ0v) is 18.6. The molecule has 0 unspecified atom stereocenters. The van der Waals surface area contributed by atoms with Crippen LogP contribution in [0.2, 0.25) is 0 Å². The molecule has 9 heteroatoms. The van der Waals surface area contributed by atoms with Crippen LogP contribution in [0.25, 0.3) is 28.2 Å². The Morgan fingerprint density at radius 1 is 0.879 bits per heavy atom. The lowest BCUT2D eigenvalue weighted by Crippen LogP contribution is -2.27. The molecule has 2 heterocycles.